The third-order valence-corrected chi connectivity index (χ3v) is 4.66. The summed E-state index contributed by atoms with van der Waals surface area (Å²) in [6, 6.07) is 7.75. The van der Waals surface area contributed by atoms with Gasteiger partial charge < -0.3 is 28.7 Å². The van der Waals surface area contributed by atoms with Gasteiger partial charge in [-0.05, 0) is 24.3 Å². The summed E-state index contributed by atoms with van der Waals surface area (Å²) in [6.07, 6.45) is -0.331. The Kier molecular flexibility index (Phi) is 6.22. The van der Waals surface area contributed by atoms with Crippen LogP contribution in [-0.4, -0.2) is 37.4 Å². The van der Waals surface area contributed by atoms with Gasteiger partial charge in [0.15, 0.2) is 5.76 Å². The van der Waals surface area contributed by atoms with Crippen LogP contribution in [0.15, 0.2) is 44.3 Å². The minimum absolute atomic E-state index is 0.0290. The molecular formula is C21H21NO8. The Morgan fingerprint density at radius 2 is 1.93 bits per heavy atom. The second-order valence-electron chi connectivity index (χ2n) is 6.56. The Bertz CT molecular complexity index is 1190. The maximum absolute atomic E-state index is 12.8. The predicted molar refractivity (Wildman–Crippen MR) is 107 cm³/mol. The van der Waals surface area contributed by atoms with Gasteiger partial charge in [-0.2, -0.15) is 0 Å². The number of hydrogen-bond donors (Lipinski definition) is 2. The van der Waals surface area contributed by atoms with Crippen LogP contribution in [0.5, 0.6) is 11.5 Å². The number of hydrogen-bond acceptors (Lipinski definition) is 8. The first-order valence-corrected chi connectivity index (χ1v) is 9.00. The number of rotatable bonds is 7. The lowest BCUT2D eigenvalue weighted by molar-refractivity contribution is -0.140. The summed E-state index contributed by atoms with van der Waals surface area (Å²) >= 11 is 0. The van der Waals surface area contributed by atoms with Crippen molar-refractivity contribution in [2.45, 2.75) is 18.9 Å². The third-order valence-electron chi connectivity index (χ3n) is 4.66. The molecule has 2 aromatic heterocycles. The largest absolute Gasteiger partial charge is 0.502 e. The Hall–Kier alpha value is -3.59. The topological polar surface area (TPSA) is 128 Å². The molecule has 158 valence electrons. The van der Waals surface area contributed by atoms with Gasteiger partial charge in [0.2, 0.25) is 11.2 Å². The zero-order valence-electron chi connectivity index (χ0n) is 16.7. The molecule has 1 aromatic carbocycles. The van der Waals surface area contributed by atoms with Crippen molar-refractivity contribution >= 4 is 16.9 Å². The van der Waals surface area contributed by atoms with Crippen molar-refractivity contribution in [2.75, 3.05) is 21.3 Å². The Morgan fingerprint density at radius 3 is 2.60 bits per heavy atom. The Balaban J connectivity index is 2.25. The van der Waals surface area contributed by atoms with Crippen LogP contribution in [0.1, 0.15) is 29.4 Å². The third kappa shape index (κ3) is 4.20. The van der Waals surface area contributed by atoms with E-state index in [1.165, 1.54) is 21.3 Å². The van der Waals surface area contributed by atoms with E-state index in [0.717, 1.165) is 6.07 Å². The molecule has 0 radical (unpaired) electrons. The van der Waals surface area contributed by atoms with Gasteiger partial charge in [0.25, 0.3) is 5.56 Å². The first-order valence-electron chi connectivity index (χ1n) is 9.00. The molecule has 0 fully saturated rings. The van der Waals surface area contributed by atoms with Crippen LogP contribution >= 0.6 is 0 Å². The van der Waals surface area contributed by atoms with Crippen LogP contribution in [0.25, 0.3) is 10.9 Å². The molecule has 0 amide bonds. The number of nitrogens with one attached hydrogen (secondary N) is 1. The monoisotopic (exact) mass is 415 g/mol. The van der Waals surface area contributed by atoms with E-state index in [-0.39, 0.29) is 30.1 Å². The molecule has 0 aliphatic carbocycles. The van der Waals surface area contributed by atoms with Gasteiger partial charge in [-0.15, -0.1) is 0 Å². The standard InChI is InChI=1S/C21H21NO8/c1-27-10-13-8-17(23)19(25)20(30-13)14(9-18(24)29-3)15-7-11-6-12(28-2)4-5-16(11)22-21(15)26/h4-8,14,25H,9-10H2,1-3H3,(H,22,26). The summed E-state index contributed by atoms with van der Waals surface area (Å²) in [4.78, 5) is 39.8. The molecule has 1 unspecified atom stereocenters. The van der Waals surface area contributed by atoms with Gasteiger partial charge in [-0.25, -0.2) is 0 Å². The van der Waals surface area contributed by atoms with E-state index < -0.39 is 28.6 Å². The average molecular weight is 415 g/mol. The molecule has 0 saturated carbocycles. The maximum atomic E-state index is 12.8. The summed E-state index contributed by atoms with van der Waals surface area (Å²) in [7, 11) is 4.13. The van der Waals surface area contributed by atoms with Crippen LogP contribution in [0.3, 0.4) is 0 Å². The summed E-state index contributed by atoms with van der Waals surface area (Å²) in [5, 5.41) is 11.0. The van der Waals surface area contributed by atoms with Crippen LogP contribution in [0.4, 0.5) is 0 Å². The van der Waals surface area contributed by atoms with Gasteiger partial charge in [0.05, 0.1) is 26.6 Å². The number of methoxy groups -OCH3 is 3. The molecule has 1 atom stereocenters. The molecule has 3 rings (SSSR count). The van der Waals surface area contributed by atoms with E-state index in [2.05, 4.69) is 4.98 Å². The minimum Gasteiger partial charge on any atom is -0.502 e. The molecule has 9 nitrogen and oxygen atoms in total. The highest BCUT2D eigenvalue weighted by Crippen LogP contribution is 2.33. The summed E-state index contributed by atoms with van der Waals surface area (Å²) in [6.45, 7) is -0.0290. The number of fused-ring (bicyclic) bond motifs is 1. The zero-order valence-corrected chi connectivity index (χ0v) is 16.7. The molecule has 0 aliphatic rings. The van der Waals surface area contributed by atoms with Crippen molar-refractivity contribution < 1.29 is 28.5 Å². The van der Waals surface area contributed by atoms with E-state index in [9.17, 15) is 19.5 Å². The van der Waals surface area contributed by atoms with Crippen molar-refractivity contribution in [3.05, 3.63) is 68.0 Å². The van der Waals surface area contributed by atoms with Gasteiger partial charge in [0, 0.05) is 29.6 Å². The summed E-state index contributed by atoms with van der Waals surface area (Å²) in [5.74, 6) is -1.90. The SMILES string of the molecule is COCc1cc(=O)c(O)c(C(CC(=O)OC)c2cc3cc(OC)ccc3[nH]c2=O)o1. The lowest BCUT2D eigenvalue weighted by atomic mass is 9.92. The van der Waals surface area contributed by atoms with Gasteiger partial charge >= 0.3 is 5.97 Å². The van der Waals surface area contributed by atoms with E-state index in [1.54, 1.807) is 24.3 Å². The second kappa shape index (κ2) is 8.83. The summed E-state index contributed by atoms with van der Waals surface area (Å²) < 4.78 is 20.6. The minimum atomic E-state index is -1.07. The highest BCUT2D eigenvalue weighted by molar-refractivity contribution is 5.81. The smallest absolute Gasteiger partial charge is 0.306 e. The van der Waals surface area contributed by atoms with Crippen molar-refractivity contribution in [3.8, 4) is 11.5 Å². The van der Waals surface area contributed by atoms with Crippen LogP contribution in [0, 0.1) is 0 Å². The quantitative estimate of drug-likeness (QED) is 0.561. The van der Waals surface area contributed by atoms with E-state index in [4.69, 9.17) is 18.6 Å². The fourth-order valence-corrected chi connectivity index (χ4v) is 3.19. The van der Waals surface area contributed by atoms with Gasteiger partial charge in [-0.3, -0.25) is 14.4 Å². The van der Waals surface area contributed by atoms with E-state index in [1.807, 2.05) is 0 Å². The van der Waals surface area contributed by atoms with Gasteiger partial charge in [0.1, 0.15) is 18.1 Å². The van der Waals surface area contributed by atoms with E-state index in [0.29, 0.717) is 16.7 Å². The maximum Gasteiger partial charge on any atom is 0.306 e. The molecule has 3 aromatic rings. The number of benzene rings is 1. The van der Waals surface area contributed by atoms with Crippen molar-refractivity contribution in [2.24, 2.45) is 0 Å². The average Bonchev–Trinajstić information content (AvgIpc) is 2.74. The molecule has 2 heterocycles. The second-order valence-corrected chi connectivity index (χ2v) is 6.56. The number of aromatic nitrogens is 1. The molecule has 30 heavy (non-hydrogen) atoms. The number of aromatic hydroxyl groups is 1. The molecule has 0 aliphatic heterocycles. The lowest BCUT2D eigenvalue weighted by Gasteiger charge is -2.17. The number of carbonyl (C=O) groups is 1. The molecule has 0 saturated heterocycles. The number of H-pyrrole nitrogens is 1. The fraction of sp³-hybridized carbons (Fsp3) is 0.286. The fourth-order valence-electron chi connectivity index (χ4n) is 3.19. The number of aromatic amines is 1. The lowest BCUT2D eigenvalue weighted by Crippen LogP contribution is -2.21. The predicted octanol–water partition coefficient (Wildman–Crippen LogP) is 2.04. The van der Waals surface area contributed by atoms with Crippen LogP contribution < -0.4 is 15.7 Å². The number of esters is 1. The molecule has 0 bridgehead atoms. The van der Waals surface area contributed by atoms with E-state index >= 15 is 0 Å². The van der Waals surface area contributed by atoms with Gasteiger partial charge in [-0.1, -0.05) is 0 Å². The zero-order chi connectivity index (χ0) is 21.8. The highest BCUT2D eigenvalue weighted by Gasteiger charge is 2.29. The molecular weight excluding hydrogens is 394 g/mol. The molecule has 9 heteroatoms. The summed E-state index contributed by atoms with van der Waals surface area (Å²) in [5.41, 5.74) is -0.535. The van der Waals surface area contributed by atoms with Crippen molar-refractivity contribution in [1.82, 2.24) is 4.98 Å². The molecule has 0 spiro atoms. The first kappa shape index (κ1) is 21.1. The van der Waals surface area contributed by atoms with Crippen molar-refractivity contribution in [3.63, 3.8) is 0 Å². The normalized spacial score (nSPS) is 12.0. The van der Waals surface area contributed by atoms with Crippen LogP contribution in [0.2, 0.25) is 0 Å². The number of ether oxygens (including phenoxy) is 3. The first-order chi connectivity index (χ1) is 14.4. The number of pyridine rings is 1. The van der Waals surface area contributed by atoms with Crippen LogP contribution in [-0.2, 0) is 20.9 Å². The molecule has 2 N–H and O–H groups in total. The highest BCUT2D eigenvalue weighted by atomic mass is 16.5. The Morgan fingerprint density at radius 1 is 1.17 bits per heavy atom. The number of carbonyl (C=O) groups excluding carboxylic acids is 1. The van der Waals surface area contributed by atoms with Crippen molar-refractivity contribution in [1.29, 1.82) is 0 Å². The Labute approximate surface area is 170 Å².